The monoisotopic (exact) mass is 250 g/mol. The predicted molar refractivity (Wildman–Crippen MR) is 78.2 cm³/mol. The maximum atomic E-state index is 9.58. The Bertz CT molecular complexity index is 361. The van der Waals surface area contributed by atoms with Crippen LogP contribution in [-0.2, 0) is 0 Å². The Balaban J connectivity index is 2.72. The Morgan fingerprint density at radius 1 is 1.28 bits per heavy atom. The molecule has 0 fully saturated rings. The van der Waals surface area contributed by atoms with E-state index >= 15 is 0 Å². The number of hydrogen-bond acceptors (Lipinski definition) is 3. The van der Waals surface area contributed by atoms with Crippen molar-refractivity contribution in [1.82, 2.24) is 5.32 Å². The highest BCUT2D eigenvalue weighted by atomic mass is 16.3. The summed E-state index contributed by atoms with van der Waals surface area (Å²) in [6.45, 7) is 9.23. The molecule has 0 radical (unpaired) electrons. The minimum atomic E-state index is -0.284. The molecule has 0 heterocycles. The number of anilines is 1. The second-order valence-corrected chi connectivity index (χ2v) is 5.71. The summed E-state index contributed by atoms with van der Waals surface area (Å²) in [6.07, 6.45) is 0. The molecule has 0 aromatic heterocycles. The summed E-state index contributed by atoms with van der Waals surface area (Å²) in [4.78, 5) is 2.17. The normalized spacial score (nSPS) is 14.6. The van der Waals surface area contributed by atoms with Crippen LogP contribution in [0.1, 0.15) is 26.3 Å². The van der Waals surface area contributed by atoms with E-state index in [1.165, 1.54) is 11.3 Å². The lowest BCUT2D eigenvalue weighted by Crippen LogP contribution is -2.55. The third-order valence-electron chi connectivity index (χ3n) is 3.05. The number of hydrogen-bond donors (Lipinski definition) is 2. The average molecular weight is 250 g/mol. The first kappa shape index (κ1) is 15.0. The topological polar surface area (TPSA) is 35.5 Å². The average Bonchev–Trinajstić information content (AvgIpc) is 2.28. The fraction of sp³-hybridized carbons (Fsp3) is 0.600. The van der Waals surface area contributed by atoms with Crippen molar-refractivity contribution in [2.24, 2.45) is 0 Å². The van der Waals surface area contributed by atoms with Crippen LogP contribution in [0.5, 0.6) is 0 Å². The second kappa shape index (κ2) is 6.21. The van der Waals surface area contributed by atoms with Crippen molar-refractivity contribution in [3.8, 4) is 0 Å². The minimum absolute atomic E-state index is 0.126. The van der Waals surface area contributed by atoms with E-state index in [1.54, 1.807) is 0 Å². The molecule has 3 heteroatoms. The van der Waals surface area contributed by atoms with Gasteiger partial charge in [-0.3, -0.25) is 0 Å². The zero-order valence-electron chi connectivity index (χ0n) is 12.2. The van der Waals surface area contributed by atoms with Crippen LogP contribution in [0.3, 0.4) is 0 Å². The lowest BCUT2D eigenvalue weighted by Gasteiger charge is -2.36. The number of nitrogens with one attached hydrogen (secondary N) is 1. The molecule has 1 aromatic carbocycles. The molecule has 0 bridgehead atoms. The Morgan fingerprint density at radius 3 is 2.28 bits per heavy atom. The van der Waals surface area contributed by atoms with Gasteiger partial charge in [0, 0.05) is 25.3 Å². The summed E-state index contributed by atoms with van der Waals surface area (Å²) >= 11 is 0. The summed E-state index contributed by atoms with van der Waals surface area (Å²) in [6, 6.07) is 8.80. The zero-order valence-corrected chi connectivity index (χ0v) is 12.2. The first-order chi connectivity index (χ1) is 8.36. The molecule has 0 amide bonds. The lowest BCUT2D eigenvalue weighted by molar-refractivity contribution is 0.170. The van der Waals surface area contributed by atoms with Gasteiger partial charge >= 0.3 is 0 Å². The number of rotatable bonds is 6. The molecular weight excluding hydrogens is 224 g/mol. The van der Waals surface area contributed by atoms with Crippen molar-refractivity contribution >= 4 is 5.69 Å². The van der Waals surface area contributed by atoms with Gasteiger partial charge in [-0.2, -0.15) is 0 Å². The summed E-state index contributed by atoms with van der Waals surface area (Å²) in [5.74, 6) is 0. The van der Waals surface area contributed by atoms with Gasteiger partial charge < -0.3 is 15.3 Å². The molecule has 0 spiro atoms. The molecule has 0 aliphatic rings. The van der Waals surface area contributed by atoms with E-state index in [4.69, 9.17) is 0 Å². The molecular formula is C15H26N2O. The fourth-order valence-corrected chi connectivity index (χ4v) is 2.25. The molecule has 102 valence electrons. The largest absolute Gasteiger partial charge is 0.394 e. The maximum Gasteiger partial charge on any atom is 0.0628 e. The van der Waals surface area contributed by atoms with Crippen LogP contribution < -0.4 is 10.2 Å². The van der Waals surface area contributed by atoms with Crippen molar-refractivity contribution in [2.45, 2.75) is 39.3 Å². The standard InChI is InChI=1S/C15H26N2O/c1-12(2)16-15(4,11-18)10-17(5)14-8-6-13(3)7-9-14/h6-9,12,16,18H,10-11H2,1-5H3. The summed E-state index contributed by atoms with van der Waals surface area (Å²) in [5.41, 5.74) is 2.15. The Hall–Kier alpha value is -1.06. The van der Waals surface area contributed by atoms with Crippen LogP contribution >= 0.6 is 0 Å². The molecule has 1 atom stereocenters. The number of aliphatic hydroxyl groups is 1. The lowest BCUT2D eigenvalue weighted by atomic mass is 10.0. The van der Waals surface area contributed by atoms with E-state index in [-0.39, 0.29) is 12.1 Å². The second-order valence-electron chi connectivity index (χ2n) is 5.71. The summed E-state index contributed by atoms with van der Waals surface area (Å²) < 4.78 is 0. The van der Waals surface area contributed by atoms with Gasteiger partial charge in [0.2, 0.25) is 0 Å². The number of aliphatic hydroxyl groups excluding tert-OH is 1. The maximum absolute atomic E-state index is 9.58. The number of nitrogens with zero attached hydrogens (tertiary/aromatic N) is 1. The van der Waals surface area contributed by atoms with Gasteiger partial charge in [0.15, 0.2) is 0 Å². The SMILES string of the molecule is Cc1ccc(N(C)CC(C)(CO)NC(C)C)cc1. The number of benzene rings is 1. The van der Waals surface area contributed by atoms with Crippen molar-refractivity contribution in [2.75, 3.05) is 25.1 Å². The highest BCUT2D eigenvalue weighted by molar-refractivity contribution is 5.47. The van der Waals surface area contributed by atoms with E-state index in [2.05, 4.69) is 69.2 Å². The zero-order chi connectivity index (χ0) is 13.8. The van der Waals surface area contributed by atoms with Gasteiger partial charge in [0.05, 0.1) is 12.1 Å². The summed E-state index contributed by atoms with van der Waals surface area (Å²) in [5, 5.41) is 13.0. The van der Waals surface area contributed by atoms with E-state index in [9.17, 15) is 5.11 Å². The number of aryl methyl sites for hydroxylation is 1. The number of likely N-dealkylation sites (N-methyl/N-ethyl adjacent to an activating group) is 1. The minimum Gasteiger partial charge on any atom is -0.394 e. The van der Waals surface area contributed by atoms with Crippen LogP contribution in [0.2, 0.25) is 0 Å². The van der Waals surface area contributed by atoms with Crippen LogP contribution in [0.25, 0.3) is 0 Å². The smallest absolute Gasteiger partial charge is 0.0628 e. The van der Waals surface area contributed by atoms with Gasteiger partial charge in [-0.15, -0.1) is 0 Å². The van der Waals surface area contributed by atoms with Crippen LogP contribution in [-0.4, -0.2) is 36.9 Å². The molecule has 1 rings (SSSR count). The molecule has 0 aliphatic carbocycles. The molecule has 2 N–H and O–H groups in total. The molecule has 1 aromatic rings. The first-order valence-electron chi connectivity index (χ1n) is 6.53. The van der Waals surface area contributed by atoms with Gasteiger partial charge in [0.25, 0.3) is 0 Å². The van der Waals surface area contributed by atoms with Crippen molar-refractivity contribution in [3.63, 3.8) is 0 Å². The van der Waals surface area contributed by atoms with E-state index < -0.39 is 0 Å². The van der Waals surface area contributed by atoms with Gasteiger partial charge in [-0.05, 0) is 26.0 Å². The Morgan fingerprint density at radius 2 is 1.83 bits per heavy atom. The third kappa shape index (κ3) is 4.31. The van der Waals surface area contributed by atoms with E-state index in [0.29, 0.717) is 6.04 Å². The van der Waals surface area contributed by atoms with Crippen molar-refractivity contribution in [3.05, 3.63) is 29.8 Å². The fourth-order valence-electron chi connectivity index (χ4n) is 2.25. The molecule has 0 aliphatic heterocycles. The van der Waals surface area contributed by atoms with Crippen LogP contribution in [0.4, 0.5) is 5.69 Å². The van der Waals surface area contributed by atoms with Gasteiger partial charge in [-0.1, -0.05) is 31.5 Å². The molecule has 3 nitrogen and oxygen atoms in total. The van der Waals surface area contributed by atoms with Crippen LogP contribution in [0.15, 0.2) is 24.3 Å². The predicted octanol–water partition coefficient (Wildman–Crippen LogP) is 2.18. The molecule has 0 saturated heterocycles. The Labute approximate surface area is 111 Å². The van der Waals surface area contributed by atoms with E-state index in [1.807, 2.05) is 0 Å². The molecule has 18 heavy (non-hydrogen) atoms. The first-order valence-corrected chi connectivity index (χ1v) is 6.53. The molecule has 0 saturated carbocycles. The van der Waals surface area contributed by atoms with Crippen LogP contribution in [0, 0.1) is 6.92 Å². The summed E-state index contributed by atoms with van der Waals surface area (Å²) in [7, 11) is 2.06. The van der Waals surface area contributed by atoms with E-state index in [0.717, 1.165) is 6.54 Å². The quantitative estimate of drug-likeness (QED) is 0.812. The highest BCUT2D eigenvalue weighted by Gasteiger charge is 2.25. The molecule has 1 unspecified atom stereocenters. The highest BCUT2D eigenvalue weighted by Crippen LogP contribution is 2.16. The van der Waals surface area contributed by atoms with Gasteiger partial charge in [-0.25, -0.2) is 0 Å². The third-order valence-corrected chi connectivity index (χ3v) is 3.05. The van der Waals surface area contributed by atoms with Crippen molar-refractivity contribution in [1.29, 1.82) is 0 Å². The van der Waals surface area contributed by atoms with Gasteiger partial charge in [0.1, 0.15) is 0 Å². The van der Waals surface area contributed by atoms with Crippen molar-refractivity contribution < 1.29 is 5.11 Å². The Kier molecular flexibility index (Phi) is 5.17.